The number of ether oxygens (including phenoxy) is 2. The maximum absolute atomic E-state index is 12.9. The molecule has 0 aliphatic carbocycles. The summed E-state index contributed by atoms with van der Waals surface area (Å²) in [6.45, 7) is 4.45. The third kappa shape index (κ3) is 5.09. The van der Waals surface area contributed by atoms with Crippen LogP contribution in [-0.4, -0.2) is 26.2 Å². The van der Waals surface area contributed by atoms with Gasteiger partial charge in [0, 0.05) is 0 Å². The molecule has 0 aromatic heterocycles. The summed E-state index contributed by atoms with van der Waals surface area (Å²) < 4.78 is 10.1. The van der Waals surface area contributed by atoms with Crippen molar-refractivity contribution in [1.82, 2.24) is 0 Å². The minimum absolute atomic E-state index is 0.332. The van der Waals surface area contributed by atoms with E-state index >= 15 is 0 Å². The van der Waals surface area contributed by atoms with Gasteiger partial charge in [-0.2, -0.15) is 0 Å². The molecular formula is C40H38O4. The van der Waals surface area contributed by atoms with Crippen molar-refractivity contribution < 1.29 is 19.1 Å². The van der Waals surface area contributed by atoms with Gasteiger partial charge in [0.15, 0.2) is 0 Å². The Morgan fingerprint density at radius 3 is 1.66 bits per heavy atom. The van der Waals surface area contributed by atoms with Crippen LogP contribution >= 0.6 is 0 Å². The number of aryl methyl sites for hydroxylation is 2. The van der Waals surface area contributed by atoms with Gasteiger partial charge in [-0.1, -0.05) is 81.3 Å². The predicted octanol–water partition coefficient (Wildman–Crippen LogP) is 10.2. The molecule has 44 heavy (non-hydrogen) atoms. The Kier molecular flexibility index (Phi) is 8.34. The van der Waals surface area contributed by atoms with E-state index in [9.17, 15) is 9.59 Å². The molecule has 0 fully saturated rings. The molecule has 0 aliphatic rings. The van der Waals surface area contributed by atoms with Gasteiger partial charge in [0.1, 0.15) is 0 Å². The first-order valence-electron chi connectivity index (χ1n) is 15.6. The molecule has 0 spiro atoms. The van der Waals surface area contributed by atoms with Gasteiger partial charge in [-0.15, -0.1) is 0 Å². The number of esters is 2. The van der Waals surface area contributed by atoms with Crippen LogP contribution in [0.2, 0.25) is 0 Å². The van der Waals surface area contributed by atoms with E-state index in [-0.39, 0.29) is 11.9 Å². The van der Waals surface area contributed by atoms with Crippen LogP contribution in [0.1, 0.15) is 71.4 Å². The second-order valence-corrected chi connectivity index (χ2v) is 11.6. The van der Waals surface area contributed by atoms with Crippen LogP contribution in [0, 0.1) is 0 Å². The van der Waals surface area contributed by atoms with Gasteiger partial charge in [0.2, 0.25) is 0 Å². The van der Waals surface area contributed by atoms with Crippen LogP contribution in [0.25, 0.3) is 54.6 Å². The van der Waals surface area contributed by atoms with Crippen LogP contribution in [0.3, 0.4) is 0 Å². The van der Waals surface area contributed by atoms with E-state index in [1.54, 1.807) is 0 Å². The molecule has 4 heteroatoms. The number of carbonyl (C=O) groups is 2. The monoisotopic (exact) mass is 582 g/mol. The van der Waals surface area contributed by atoms with Crippen molar-refractivity contribution in [3.05, 3.63) is 107 Å². The van der Waals surface area contributed by atoms with Crippen molar-refractivity contribution in [3.8, 4) is 22.3 Å². The number of carbonyl (C=O) groups excluding carboxylic acids is 2. The molecule has 6 aromatic carbocycles. The van der Waals surface area contributed by atoms with E-state index < -0.39 is 0 Å². The van der Waals surface area contributed by atoms with E-state index in [2.05, 4.69) is 50.2 Å². The molecule has 0 radical (unpaired) electrons. The minimum atomic E-state index is -0.338. The molecule has 0 bridgehead atoms. The Balaban J connectivity index is 1.71. The minimum Gasteiger partial charge on any atom is -0.465 e. The van der Waals surface area contributed by atoms with E-state index in [1.165, 1.54) is 52.3 Å². The summed E-state index contributed by atoms with van der Waals surface area (Å²) in [4.78, 5) is 25.1. The van der Waals surface area contributed by atoms with E-state index in [4.69, 9.17) is 9.47 Å². The zero-order chi connectivity index (χ0) is 30.8. The average Bonchev–Trinajstić information content (AvgIpc) is 3.08. The van der Waals surface area contributed by atoms with Gasteiger partial charge < -0.3 is 9.47 Å². The topological polar surface area (TPSA) is 52.6 Å². The summed E-state index contributed by atoms with van der Waals surface area (Å²) >= 11 is 0. The van der Waals surface area contributed by atoms with Gasteiger partial charge in [-0.3, -0.25) is 0 Å². The fourth-order valence-electron chi connectivity index (χ4n) is 6.66. The lowest BCUT2D eigenvalue weighted by Gasteiger charge is -2.22. The first kappa shape index (κ1) is 29.4. The molecule has 6 rings (SSSR count). The Labute approximate surface area is 258 Å². The Bertz CT molecular complexity index is 1980. The molecule has 0 unspecified atom stereocenters. The fourth-order valence-corrected chi connectivity index (χ4v) is 6.66. The quantitative estimate of drug-likeness (QED) is 0.119. The predicted molar refractivity (Wildman–Crippen MR) is 181 cm³/mol. The van der Waals surface area contributed by atoms with Crippen molar-refractivity contribution in [2.45, 2.75) is 52.4 Å². The normalized spacial score (nSPS) is 11.5. The van der Waals surface area contributed by atoms with E-state index in [0.717, 1.165) is 66.2 Å². The largest absolute Gasteiger partial charge is 0.465 e. The number of hydrogen-bond donors (Lipinski definition) is 0. The highest BCUT2D eigenvalue weighted by atomic mass is 16.5. The standard InChI is InChI=1S/C40H38O4/c1-5-7-11-27-23-35(25-15-17-26(18-16-25)39(41)43-3)32-21-19-30-28(12-8-6-2)24-36(33-22-20-29(27)37(32)38(30)33)31-13-9-10-14-34(31)40(42)44-4/h9-10,13-24H,5-8,11-12H2,1-4H3. The molecule has 0 aliphatic heterocycles. The third-order valence-corrected chi connectivity index (χ3v) is 8.91. The number of rotatable bonds is 10. The fraction of sp³-hybridized carbons (Fsp3) is 0.250. The van der Waals surface area contributed by atoms with Crippen molar-refractivity contribution in [3.63, 3.8) is 0 Å². The summed E-state index contributed by atoms with van der Waals surface area (Å²) in [6, 6.07) is 29.2. The van der Waals surface area contributed by atoms with Gasteiger partial charge in [-0.05, 0) is 122 Å². The van der Waals surface area contributed by atoms with Gasteiger partial charge in [0.05, 0.1) is 25.3 Å². The maximum Gasteiger partial charge on any atom is 0.338 e. The molecule has 0 saturated heterocycles. The molecule has 0 atom stereocenters. The zero-order valence-corrected chi connectivity index (χ0v) is 26.0. The van der Waals surface area contributed by atoms with E-state index in [0.29, 0.717) is 11.1 Å². The number of methoxy groups -OCH3 is 2. The summed E-state index contributed by atoms with van der Waals surface area (Å²) in [5, 5.41) is 7.37. The average molecular weight is 583 g/mol. The lowest BCUT2D eigenvalue weighted by atomic mass is 9.82. The molecular weight excluding hydrogens is 544 g/mol. The summed E-state index contributed by atoms with van der Waals surface area (Å²) in [5.41, 5.74) is 7.90. The Morgan fingerprint density at radius 1 is 0.568 bits per heavy atom. The highest BCUT2D eigenvalue weighted by Crippen LogP contribution is 2.45. The second kappa shape index (κ2) is 12.5. The summed E-state index contributed by atoms with van der Waals surface area (Å²) in [6.07, 6.45) is 6.34. The lowest BCUT2D eigenvalue weighted by Crippen LogP contribution is -2.04. The van der Waals surface area contributed by atoms with Crippen molar-refractivity contribution in [2.24, 2.45) is 0 Å². The Morgan fingerprint density at radius 2 is 1.09 bits per heavy atom. The Hall–Kier alpha value is -4.70. The van der Waals surface area contributed by atoms with Crippen molar-refractivity contribution in [1.29, 1.82) is 0 Å². The third-order valence-electron chi connectivity index (χ3n) is 8.91. The van der Waals surface area contributed by atoms with E-state index in [1.807, 2.05) is 48.5 Å². The first-order chi connectivity index (χ1) is 21.5. The summed E-state index contributed by atoms with van der Waals surface area (Å²) in [7, 11) is 2.84. The van der Waals surface area contributed by atoms with Crippen LogP contribution in [0.5, 0.6) is 0 Å². The molecule has 6 aromatic rings. The molecule has 0 N–H and O–H groups in total. The lowest BCUT2D eigenvalue weighted by molar-refractivity contribution is 0.0592. The van der Waals surface area contributed by atoms with Crippen molar-refractivity contribution in [2.75, 3.05) is 14.2 Å². The van der Waals surface area contributed by atoms with Crippen LogP contribution in [-0.2, 0) is 22.3 Å². The molecule has 0 amide bonds. The SMILES string of the molecule is CCCCc1cc(-c2ccc(C(=O)OC)cc2)c2ccc3c(CCCC)cc(-c4ccccc4C(=O)OC)c4ccc1c2c34. The van der Waals surface area contributed by atoms with Crippen LogP contribution in [0.4, 0.5) is 0 Å². The van der Waals surface area contributed by atoms with Crippen molar-refractivity contribution >= 4 is 44.3 Å². The number of unbranched alkanes of at least 4 members (excludes halogenated alkanes) is 2. The maximum atomic E-state index is 12.9. The molecule has 0 heterocycles. The van der Waals surface area contributed by atoms with Crippen LogP contribution < -0.4 is 0 Å². The van der Waals surface area contributed by atoms with Gasteiger partial charge in [-0.25, -0.2) is 9.59 Å². The van der Waals surface area contributed by atoms with Gasteiger partial charge in [0.25, 0.3) is 0 Å². The summed E-state index contributed by atoms with van der Waals surface area (Å²) in [5.74, 6) is -0.670. The molecule has 4 nitrogen and oxygen atoms in total. The highest BCUT2D eigenvalue weighted by Gasteiger charge is 2.22. The highest BCUT2D eigenvalue weighted by molar-refractivity contribution is 6.29. The number of hydrogen-bond acceptors (Lipinski definition) is 4. The van der Waals surface area contributed by atoms with Gasteiger partial charge >= 0.3 is 11.9 Å². The molecule has 222 valence electrons. The smallest absolute Gasteiger partial charge is 0.338 e. The first-order valence-corrected chi connectivity index (χ1v) is 15.6. The molecule has 0 saturated carbocycles. The van der Waals surface area contributed by atoms with Crippen LogP contribution in [0.15, 0.2) is 84.9 Å². The zero-order valence-electron chi connectivity index (χ0n) is 26.0. The second-order valence-electron chi connectivity index (χ2n) is 11.6. The number of benzene rings is 6.